The summed E-state index contributed by atoms with van der Waals surface area (Å²) in [5.41, 5.74) is -0.575. The van der Waals surface area contributed by atoms with E-state index >= 15 is 0 Å². The molecule has 2 fully saturated rings. The first-order chi connectivity index (χ1) is 9.96. The van der Waals surface area contributed by atoms with E-state index in [1.54, 1.807) is 0 Å². The van der Waals surface area contributed by atoms with E-state index in [1.807, 2.05) is 6.92 Å². The van der Waals surface area contributed by atoms with Gasteiger partial charge < -0.3 is 9.64 Å². The molecule has 4 nitrogen and oxygen atoms in total. The monoisotopic (exact) mass is 296 g/mol. The highest BCUT2D eigenvalue weighted by molar-refractivity contribution is 5.80. The van der Waals surface area contributed by atoms with E-state index in [0.29, 0.717) is 0 Å². The van der Waals surface area contributed by atoms with Gasteiger partial charge in [0.1, 0.15) is 5.54 Å². The number of ether oxygens (including phenoxy) is 1. The van der Waals surface area contributed by atoms with Crippen molar-refractivity contribution in [3.63, 3.8) is 0 Å². The first-order valence-electron chi connectivity index (χ1n) is 8.56. The zero-order chi connectivity index (χ0) is 15.5. The Morgan fingerprint density at radius 2 is 2.05 bits per heavy atom. The fourth-order valence-electron chi connectivity index (χ4n) is 4.30. The number of carbonyl (C=O) groups is 1. The molecule has 1 aliphatic heterocycles. The van der Waals surface area contributed by atoms with Crippen LogP contribution in [0.3, 0.4) is 0 Å². The first-order valence-corrected chi connectivity index (χ1v) is 8.56. The summed E-state index contributed by atoms with van der Waals surface area (Å²) in [6.45, 7) is 8.33. The molecule has 2 rings (SSSR count). The third-order valence-electron chi connectivity index (χ3n) is 5.25. The molecule has 122 valence electrons. The second-order valence-electron chi connectivity index (χ2n) is 7.31. The van der Waals surface area contributed by atoms with E-state index < -0.39 is 5.54 Å². The van der Waals surface area contributed by atoms with Crippen LogP contribution in [-0.4, -0.2) is 48.7 Å². The van der Waals surface area contributed by atoms with Gasteiger partial charge in [-0.2, -0.15) is 0 Å². The third kappa shape index (κ3) is 3.98. The topological polar surface area (TPSA) is 41.6 Å². The van der Waals surface area contributed by atoms with Gasteiger partial charge in [0.15, 0.2) is 0 Å². The van der Waals surface area contributed by atoms with Crippen molar-refractivity contribution < 1.29 is 9.53 Å². The van der Waals surface area contributed by atoms with Gasteiger partial charge in [-0.1, -0.05) is 6.42 Å². The number of likely N-dealkylation sites (tertiary alicyclic amines) is 1. The largest absolute Gasteiger partial charge is 0.468 e. The highest BCUT2D eigenvalue weighted by Crippen LogP contribution is 2.37. The van der Waals surface area contributed by atoms with Crippen molar-refractivity contribution in [1.82, 2.24) is 10.2 Å². The van der Waals surface area contributed by atoms with Gasteiger partial charge in [0.2, 0.25) is 0 Å². The van der Waals surface area contributed by atoms with Crippen LogP contribution in [0.2, 0.25) is 0 Å². The van der Waals surface area contributed by atoms with Crippen molar-refractivity contribution >= 4 is 5.97 Å². The van der Waals surface area contributed by atoms with E-state index in [9.17, 15) is 4.79 Å². The number of carbonyl (C=O) groups excluding carboxylic acids is 1. The average molecular weight is 296 g/mol. The van der Waals surface area contributed by atoms with Gasteiger partial charge in [-0.15, -0.1) is 0 Å². The summed E-state index contributed by atoms with van der Waals surface area (Å²) in [6.07, 6.45) is 7.66. The number of hydrogen-bond acceptors (Lipinski definition) is 4. The minimum absolute atomic E-state index is 0.142. The molecular weight excluding hydrogens is 264 g/mol. The van der Waals surface area contributed by atoms with Crippen LogP contribution in [0.25, 0.3) is 0 Å². The summed E-state index contributed by atoms with van der Waals surface area (Å²) >= 11 is 0. The number of piperidine rings is 1. The summed E-state index contributed by atoms with van der Waals surface area (Å²) < 4.78 is 5.02. The molecule has 0 aromatic carbocycles. The average Bonchev–Trinajstić information content (AvgIpc) is 2.92. The number of nitrogens with one attached hydrogen (secondary N) is 1. The summed E-state index contributed by atoms with van der Waals surface area (Å²) in [6, 6.07) is 1.04. The molecule has 0 spiro atoms. The van der Waals surface area contributed by atoms with Gasteiger partial charge in [-0.25, -0.2) is 0 Å². The maximum absolute atomic E-state index is 12.2. The minimum atomic E-state index is -0.575. The SMILES string of the molecule is COC(=O)C(C)(CCN1CCCC2CCCC21)NC(C)C. The Morgan fingerprint density at radius 1 is 1.33 bits per heavy atom. The van der Waals surface area contributed by atoms with Crippen LogP contribution in [0, 0.1) is 5.92 Å². The van der Waals surface area contributed by atoms with Crippen LogP contribution in [0.1, 0.15) is 59.3 Å². The molecule has 1 N–H and O–H groups in total. The molecule has 1 saturated carbocycles. The molecule has 0 radical (unpaired) electrons. The molecule has 0 aromatic heterocycles. The third-order valence-corrected chi connectivity index (χ3v) is 5.25. The lowest BCUT2D eigenvalue weighted by Crippen LogP contribution is -2.55. The highest BCUT2D eigenvalue weighted by atomic mass is 16.5. The van der Waals surface area contributed by atoms with Crippen LogP contribution in [0.15, 0.2) is 0 Å². The number of nitrogens with zero attached hydrogens (tertiary/aromatic N) is 1. The number of esters is 1. The predicted molar refractivity (Wildman–Crippen MR) is 85.2 cm³/mol. The summed E-state index contributed by atoms with van der Waals surface area (Å²) in [7, 11) is 1.48. The van der Waals surface area contributed by atoms with Crippen molar-refractivity contribution in [2.24, 2.45) is 5.92 Å². The van der Waals surface area contributed by atoms with E-state index in [-0.39, 0.29) is 12.0 Å². The van der Waals surface area contributed by atoms with Crippen LogP contribution in [-0.2, 0) is 9.53 Å². The Morgan fingerprint density at radius 3 is 2.71 bits per heavy atom. The van der Waals surface area contributed by atoms with Crippen molar-refractivity contribution in [1.29, 1.82) is 0 Å². The fourth-order valence-corrected chi connectivity index (χ4v) is 4.30. The molecule has 2 aliphatic rings. The van der Waals surface area contributed by atoms with E-state index in [1.165, 1.54) is 45.8 Å². The molecule has 0 bridgehead atoms. The molecular formula is C17H32N2O2. The zero-order valence-electron chi connectivity index (χ0n) is 14.2. The molecule has 0 amide bonds. The molecule has 1 aliphatic carbocycles. The van der Waals surface area contributed by atoms with Crippen LogP contribution >= 0.6 is 0 Å². The van der Waals surface area contributed by atoms with Crippen molar-refractivity contribution in [3.05, 3.63) is 0 Å². The second-order valence-corrected chi connectivity index (χ2v) is 7.31. The maximum Gasteiger partial charge on any atom is 0.325 e. The van der Waals surface area contributed by atoms with Crippen molar-refractivity contribution in [3.8, 4) is 0 Å². The first kappa shape index (κ1) is 16.8. The Balaban J connectivity index is 1.95. The number of methoxy groups -OCH3 is 1. The van der Waals surface area contributed by atoms with Crippen molar-refractivity contribution in [2.75, 3.05) is 20.2 Å². The Hall–Kier alpha value is -0.610. The normalized spacial score (nSPS) is 29.2. The quantitative estimate of drug-likeness (QED) is 0.765. The molecule has 3 atom stereocenters. The molecule has 0 aromatic rings. The lowest BCUT2D eigenvalue weighted by Gasteiger charge is -2.40. The maximum atomic E-state index is 12.2. The molecule has 21 heavy (non-hydrogen) atoms. The molecule has 4 heteroatoms. The van der Waals surface area contributed by atoms with E-state index in [4.69, 9.17) is 4.74 Å². The Bertz CT molecular complexity index is 359. The number of hydrogen-bond donors (Lipinski definition) is 1. The second kappa shape index (κ2) is 7.10. The molecule has 1 heterocycles. The van der Waals surface area contributed by atoms with E-state index in [0.717, 1.165) is 24.9 Å². The number of rotatable bonds is 6. The summed E-state index contributed by atoms with van der Waals surface area (Å²) in [4.78, 5) is 14.8. The Labute approximate surface area is 129 Å². The standard InChI is InChI=1S/C17H32N2O2/c1-13(2)18-17(3,16(20)21-4)10-12-19-11-6-8-14-7-5-9-15(14)19/h13-15,18H,5-12H2,1-4H3. The van der Waals surface area contributed by atoms with Gasteiger partial charge in [0.05, 0.1) is 7.11 Å². The molecule has 1 saturated heterocycles. The lowest BCUT2D eigenvalue weighted by atomic mass is 9.90. The highest BCUT2D eigenvalue weighted by Gasteiger charge is 2.38. The van der Waals surface area contributed by atoms with Gasteiger partial charge in [0.25, 0.3) is 0 Å². The number of fused-ring (bicyclic) bond motifs is 1. The van der Waals surface area contributed by atoms with Gasteiger partial charge in [0, 0.05) is 18.6 Å². The summed E-state index contributed by atoms with van der Waals surface area (Å²) in [5, 5.41) is 3.40. The summed E-state index contributed by atoms with van der Waals surface area (Å²) in [5.74, 6) is 0.761. The predicted octanol–water partition coefficient (Wildman–Crippen LogP) is 2.57. The van der Waals surface area contributed by atoms with Crippen LogP contribution in [0.5, 0.6) is 0 Å². The zero-order valence-corrected chi connectivity index (χ0v) is 14.2. The van der Waals surface area contributed by atoms with Crippen LogP contribution < -0.4 is 5.32 Å². The Kier molecular flexibility index (Phi) is 5.67. The molecule has 3 unspecified atom stereocenters. The minimum Gasteiger partial charge on any atom is -0.468 e. The van der Waals surface area contributed by atoms with Gasteiger partial charge in [-0.05, 0) is 65.3 Å². The van der Waals surface area contributed by atoms with Crippen molar-refractivity contribution in [2.45, 2.75) is 76.9 Å². The van der Waals surface area contributed by atoms with Gasteiger partial charge >= 0.3 is 5.97 Å². The van der Waals surface area contributed by atoms with Crippen LogP contribution in [0.4, 0.5) is 0 Å². The smallest absolute Gasteiger partial charge is 0.325 e. The van der Waals surface area contributed by atoms with E-state index in [2.05, 4.69) is 24.1 Å². The van der Waals surface area contributed by atoms with Gasteiger partial charge in [-0.3, -0.25) is 10.1 Å². The fraction of sp³-hybridized carbons (Fsp3) is 0.941. The lowest BCUT2D eigenvalue weighted by molar-refractivity contribution is -0.148.